The molecule has 13 heavy (non-hydrogen) atoms. The number of rotatable bonds is 8. The Morgan fingerprint density at radius 3 is 2.00 bits per heavy atom. The van der Waals surface area contributed by atoms with Crippen molar-refractivity contribution in [2.24, 2.45) is 0 Å². The summed E-state index contributed by atoms with van der Waals surface area (Å²) in [5, 5.41) is 0. The lowest BCUT2D eigenvalue weighted by Crippen LogP contribution is -2.07. The molecule has 0 rings (SSSR count). The minimum atomic E-state index is -2.33. The first-order valence-electron chi connectivity index (χ1n) is 4.74. The second-order valence-electron chi connectivity index (χ2n) is 3.21. The minimum absolute atomic E-state index is 0.805. The van der Waals surface area contributed by atoms with Gasteiger partial charge in [-0.3, -0.25) is 0 Å². The summed E-state index contributed by atoms with van der Waals surface area (Å²) in [7, 11) is 0. The maximum atomic E-state index is 5.75. The molecule has 0 saturated heterocycles. The van der Waals surface area contributed by atoms with Gasteiger partial charge in [0.1, 0.15) is 0 Å². The van der Waals surface area contributed by atoms with Crippen LogP contribution >= 0.6 is 33.2 Å². The van der Waals surface area contributed by atoms with E-state index in [9.17, 15) is 0 Å². The summed E-state index contributed by atoms with van der Waals surface area (Å²) in [6.07, 6.45) is 9.12. The minimum Gasteiger partial charge on any atom is -0.126 e. The number of unbranched alkanes of at least 4 members (excludes halogenated alkanes) is 5. The van der Waals surface area contributed by atoms with E-state index in [0.29, 0.717) is 0 Å². The number of hydrogen-bond acceptors (Lipinski definition) is 0. The fourth-order valence-corrected chi connectivity index (χ4v) is 3.00. The van der Waals surface area contributed by atoms with E-state index in [1.807, 2.05) is 6.08 Å². The Hall–Kier alpha value is 0.827. The highest BCUT2D eigenvalue weighted by molar-refractivity contribution is 7.64. The third-order valence-electron chi connectivity index (χ3n) is 1.87. The van der Waals surface area contributed by atoms with Gasteiger partial charge in [-0.25, -0.2) is 0 Å². The highest BCUT2D eigenvalue weighted by atomic mass is 35.8. The molecule has 0 heterocycles. The van der Waals surface area contributed by atoms with Crippen molar-refractivity contribution >= 4 is 39.2 Å². The normalized spacial score (nSPS) is 11.6. The molecule has 4 heteroatoms. The van der Waals surface area contributed by atoms with Gasteiger partial charge in [0.05, 0.1) is 0 Å². The van der Waals surface area contributed by atoms with Crippen molar-refractivity contribution < 1.29 is 0 Å². The largest absolute Gasteiger partial charge is 0.341 e. The Kier molecular flexibility index (Phi) is 8.68. The monoisotopic (exact) mass is 258 g/mol. The molecule has 78 valence electrons. The summed E-state index contributed by atoms with van der Waals surface area (Å²) in [5.41, 5.74) is 0. The average molecular weight is 260 g/mol. The Bertz CT molecular complexity index is 131. The molecule has 0 aliphatic rings. The molecule has 0 aromatic carbocycles. The van der Waals surface area contributed by atoms with Crippen molar-refractivity contribution in [2.75, 3.05) is 0 Å². The maximum Gasteiger partial charge on any atom is 0.341 e. The highest BCUT2D eigenvalue weighted by Gasteiger charge is 2.23. The van der Waals surface area contributed by atoms with Crippen LogP contribution in [0.3, 0.4) is 0 Å². The van der Waals surface area contributed by atoms with Crippen molar-refractivity contribution in [1.29, 1.82) is 0 Å². The zero-order valence-corrected chi connectivity index (χ0v) is 11.1. The van der Waals surface area contributed by atoms with E-state index < -0.39 is 6.00 Å². The SMILES string of the molecule is C=CCCCCCCC[Si](Cl)(Cl)Cl. The summed E-state index contributed by atoms with van der Waals surface area (Å²) in [6.45, 7) is 3.68. The van der Waals surface area contributed by atoms with Gasteiger partial charge in [-0.15, -0.1) is 39.8 Å². The van der Waals surface area contributed by atoms with Gasteiger partial charge in [0.15, 0.2) is 0 Å². The van der Waals surface area contributed by atoms with Gasteiger partial charge >= 0.3 is 6.00 Å². The Morgan fingerprint density at radius 2 is 1.46 bits per heavy atom. The topological polar surface area (TPSA) is 0 Å². The van der Waals surface area contributed by atoms with Crippen LogP contribution in [0.25, 0.3) is 0 Å². The molecule has 0 aromatic rings. The lowest BCUT2D eigenvalue weighted by molar-refractivity contribution is 0.637. The van der Waals surface area contributed by atoms with E-state index in [2.05, 4.69) is 6.58 Å². The van der Waals surface area contributed by atoms with Crippen molar-refractivity contribution in [3.63, 3.8) is 0 Å². The summed E-state index contributed by atoms with van der Waals surface area (Å²) in [6, 6.07) is -1.53. The summed E-state index contributed by atoms with van der Waals surface area (Å²) >= 11 is 17.3. The average Bonchev–Trinajstić information content (AvgIpc) is 2.01. The molecule has 0 aliphatic heterocycles. The first-order chi connectivity index (χ1) is 6.06. The molecule has 0 unspecified atom stereocenters. The molecule has 0 aromatic heterocycles. The van der Waals surface area contributed by atoms with E-state index in [4.69, 9.17) is 33.2 Å². The molecule has 0 nitrogen and oxygen atoms in total. The van der Waals surface area contributed by atoms with Crippen molar-refractivity contribution in [1.82, 2.24) is 0 Å². The van der Waals surface area contributed by atoms with Crippen molar-refractivity contribution in [3.05, 3.63) is 12.7 Å². The second kappa shape index (κ2) is 8.16. The summed E-state index contributed by atoms with van der Waals surface area (Å²) in [5.74, 6) is 0. The van der Waals surface area contributed by atoms with Gasteiger partial charge in [-0.05, 0) is 18.9 Å². The Morgan fingerprint density at radius 1 is 0.923 bits per heavy atom. The molecule has 0 aliphatic carbocycles. The van der Waals surface area contributed by atoms with Crippen LogP contribution in [0.4, 0.5) is 0 Å². The smallest absolute Gasteiger partial charge is 0.126 e. The van der Waals surface area contributed by atoms with Gasteiger partial charge in [0.25, 0.3) is 0 Å². The maximum absolute atomic E-state index is 5.75. The molecule has 0 atom stereocenters. The Labute approximate surface area is 96.4 Å². The third kappa shape index (κ3) is 12.8. The molecule has 0 amide bonds. The predicted octanol–water partition coefficient (Wildman–Crippen LogP) is 5.17. The van der Waals surface area contributed by atoms with Gasteiger partial charge in [-0.1, -0.05) is 31.8 Å². The Balaban J connectivity index is 3.04. The third-order valence-corrected chi connectivity index (χ3v) is 4.49. The lowest BCUT2D eigenvalue weighted by Gasteiger charge is -2.06. The fourth-order valence-electron chi connectivity index (χ4n) is 1.14. The fraction of sp³-hybridized carbons (Fsp3) is 0.778. The molecule has 0 bridgehead atoms. The van der Waals surface area contributed by atoms with Crippen LogP contribution < -0.4 is 0 Å². The standard InChI is InChI=1S/C9H17Cl3Si/c1-2-3-4-5-6-7-8-9-13(10,11)12/h2H,1,3-9H2. The van der Waals surface area contributed by atoms with Gasteiger partial charge < -0.3 is 0 Å². The van der Waals surface area contributed by atoms with Crippen LogP contribution in [0.2, 0.25) is 6.04 Å². The number of halogens is 3. The number of allylic oxidation sites excluding steroid dienone is 1. The van der Waals surface area contributed by atoms with Gasteiger partial charge in [-0.2, -0.15) is 0 Å². The van der Waals surface area contributed by atoms with Gasteiger partial charge in [0.2, 0.25) is 0 Å². The van der Waals surface area contributed by atoms with Crippen LogP contribution in [0, 0.1) is 0 Å². The second-order valence-corrected chi connectivity index (χ2v) is 12.5. The van der Waals surface area contributed by atoms with Gasteiger partial charge in [0, 0.05) is 0 Å². The van der Waals surface area contributed by atoms with Crippen LogP contribution in [0.15, 0.2) is 12.7 Å². The molecule has 0 saturated carbocycles. The number of hydrogen-bond donors (Lipinski definition) is 0. The van der Waals surface area contributed by atoms with Crippen molar-refractivity contribution in [3.8, 4) is 0 Å². The lowest BCUT2D eigenvalue weighted by atomic mass is 10.1. The van der Waals surface area contributed by atoms with E-state index in [1.54, 1.807) is 0 Å². The highest BCUT2D eigenvalue weighted by Crippen LogP contribution is 2.27. The summed E-state index contributed by atoms with van der Waals surface area (Å²) in [4.78, 5) is 0. The quantitative estimate of drug-likeness (QED) is 0.244. The van der Waals surface area contributed by atoms with E-state index in [0.717, 1.165) is 18.9 Å². The zero-order valence-electron chi connectivity index (χ0n) is 7.87. The van der Waals surface area contributed by atoms with E-state index in [-0.39, 0.29) is 0 Å². The summed E-state index contributed by atoms with van der Waals surface area (Å²) < 4.78 is 0. The van der Waals surface area contributed by atoms with Crippen molar-refractivity contribution in [2.45, 2.75) is 44.6 Å². The molecule has 0 fully saturated rings. The zero-order chi connectivity index (χ0) is 10.2. The molecular formula is C9H17Cl3Si. The predicted molar refractivity (Wildman–Crippen MR) is 66.0 cm³/mol. The van der Waals surface area contributed by atoms with E-state index >= 15 is 0 Å². The molecule has 0 spiro atoms. The molecular weight excluding hydrogens is 243 g/mol. The molecule has 0 radical (unpaired) electrons. The van der Waals surface area contributed by atoms with Crippen LogP contribution in [-0.4, -0.2) is 6.00 Å². The van der Waals surface area contributed by atoms with Crippen LogP contribution in [-0.2, 0) is 0 Å². The van der Waals surface area contributed by atoms with Crippen LogP contribution in [0.1, 0.15) is 38.5 Å². The van der Waals surface area contributed by atoms with E-state index in [1.165, 1.54) is 25.7 Å². The van der Waals surface area contributed by atoms with Crippen LogP contribution in [0.5, 0.6) is 0 Å². The first-order valence-corrected chi connectivity index (χ1v) is 9.98. The molecule has 0 N–H and O–H groups in total. The first kappa shape index (κ1) is 13.8.